The second-order valence-electron chi connectivity index (χ2n) is 5.77. The number of aromatic nitrogens is 2. The van der Waals surface area contributed by atoms with Gasteiger partial charge in [0.25, 0.3) is 0 Å². The molecule has 0 aliphatic carbocycles. The van der Waals surface area contributed by atoms with Crippen molar-refractivity contribution in [1.82, 2.24) is 9.38 Å². The van der Waals surface area contributed by atoms with Gasteiger partial charge >= 0.3 is 0 Å². The maximum atomic E-state index is 5.88. The van der Waals surface area contributed by atoms with E-state index in [9.17, 15) is 0 Å². The molecule has 92 valence electrons. The normalized spacial score (nSPS) is 14.2. The van der Waals surface area contributed by atoms with Gasteiger partial charge in [-0.1, -0.05) is 26.8 Å². The van der Waals surface area contributed by atoms with E-state index in [4.69, 9.17) is 10.7 Å². The molecule has 0 saturated heterocycles. The number of nitrogens with two attached hydrogens (primary N) is 1. The van der Waals surface area contributed by atoms with Gasteiger partial charge in [0.15, 0.2) is 0 Å². The molecule has 1 atom stereocenters. The first-order valence-corrected chi connectivity index (χ1v) is 6.11. The van der Waals surface area contributed by atoms with Crippen LogP contribution in [-0.2, 0) is 11.8 Å². The summed E-state index contributed by atoms with van der Waals surface area (Å²) >= 11 is 0. The Bertz CT molecular complexity index is 518. The van der Waals surface area contributed by atoms with Gasteiger partial charge in [-0.25, -0.2) is 4.98 Å². The third-order valence-corrected chi connectivity index (χ3v) is 2.81. The van der Waals surface area contributed by atoms with Crippen molar-refractivity contribution in [1.29, 1.82) is 0 Å². The van der Waals surface area contributed by atoms with Crippen molar-refractivity contribution < 1.29 is 0 Å². The quantitative estimate of drug-likeness (QED) is 0.863. The molecule has 0 aliphatic rings. The number of fused-ring (bicyclic) bond motifs is 1. The summed E-state index contributed by atoms with van der Waals surface area (Å²) in [6.45, 7) is 8.57. The minimum Gasteiger partial charge on any atom is -0.328 e. The molecular formula is C14H21N3. The molecule has 3 nitrogen and oxygen atoms in total. The lowest BCUT2D eigenvalue weighted by Crippen LogP contribution is -2.18. The molecule has 0 aliphatic heterocycles. The van der Waals surface area contributed by atoms with Gasteiger partial charge in [-0.15, -0.1) is 0 Å². The van der Waals surface area contributed by atoms with Crippen molar-refractivity contribution >= 4 is 5.52 Å². The van der Waals surface area contributed by atoms with Crippen LogP contribution in [-0.4, -0.2) is 15.4 Å². The molecule has 0 amide bonds. The van der Waals surface area contributed by atoms with Crippen LogP contribution in [0.3, 0.4) is 0 Å². The van der Waals surface area contributed by atoms with Crippen molar-refractivity contribution in [2.45, 2.75) is 45.6 Å². The smallest absolute Gasteiger partial charge is 0.118 e. The fraction of sp³-hybridized carbons (Fsp3) is 0.500. The fourth-order valence-electron chi connectivity index (χ4n) is 2.09. The maximum Gasteiger partial charge on any atom is 0.118 e. The van der Waals surface area contributed by atoms with Crippen molar-refractivity contribution in [2.75, 3.05) is 0 Å². The van der Waals surface area contributed by atoms with E-state index in [-0.39, 0.29) is 11.5 Å². The van der Waals surface area contributed by atoms with Crippen LogP contribution in [0.1, 0.15) is 39.2 Å². The zero-order chi connectivity index (χ0) is 12.6. The third-order valence-electron chi connectivity index (χ3n) is 2.81. The van der Waals surface area contributed by atoms with Crippen molar-refractivity contribution in [3.8, 4) is 0 Å². The summed E-state index contributed by atoms with van der Waals surface area (Å²) in [6, 6.07) is 6.34. The molecule has 2 heterocycles. The molecule has 0 spiro atoms. The third kappa shape index (κ3) is 2.34. The topological polar surface area (TPSA) is 43.3 Å². The van der Waals surface area contributed by atoms with E-state index in [1.54, 1.807) is 0 Å². The van der Waals surface area contributed by atoms with Gasteiger partial charge in [0.1, 0.15) is 5.82 Å². The molecule has 0 saturated carbocycles. The van der Waals surface area contributed by atoms with Gasteiger partial charge in [0.2, 0.25) is 0 Å². The van der Waals surface area contributed by atoms with Crippen LogP contribution >= 0.6 is 0 Å². The van der Waals surface area contributed by atoms with Gasteiger partial charge < -0.3 is 10.1 Å². The van der Waals surface area contributed by atoms with Crippen LogP contribution in [0.25, 0.3) is 5.52 Å². The van der Waals surface area contributed by atoms with Gasteiger partial charge in [-0.05, 0) is 19.1 Å². The van der Waals surface area contributed by atoms with Crippen LogP contribution in [0.15, 0.2) is 24.4 Å². The van der Waals surface area contributed by atoms with Crippen molar-refractivity contribution in [3.63, 3.8) is 0 Å². The van der Waals surface area contributed by atoms with E-state index in [0.29, 0.717) is 0 Å². The molecular weight excluding hydrogens is 210 g/mol. The molecule has 2 aromatic heterocycles. The molecule has 3 heteroatoms. The zero-order valence-electron chi connectivity index (χ0n) is 11.1. The largest absolute Gasteiger partial charge is 0.328 e. The summed E-state index contributed by atoms with van der Waals surface area (Å²) in [5.41, 5.74) is 8.20. The predicted octanol–water partition coefficient (Wildman–Crippen LogP) is 2.52. The maximum absolute atomic E-state index is 5.88. The Labute approximate surface area is 103 Å². The Morgan fingerprint density at radius 1 is 1.35 bits per heavy atom. The van der Waals surface area contributed by atoms with E-state index in [2.05, 4.69) is 37.4 Å². The lowest BCUT2D eigenvalue weighted by atomic mass is 9.96. The van der Waals surface area contributed by atoms with Gasteiger partial charge in [0.05, 0.1) is 11.2 Å². The molecule has 2 N–H and O–H groups in total. The highest BCUT2D eigenvalue weighted by atomic mass is 15.0. The highest BCUT2D eigenvalue weighted by molar-refractivity contribution is 5.54. The van der Waals surface area contributed by atoms with E-state index >= 15 is 0 Å². The lowest BCUT2D eigenvalue weighted by molar-refractivity contribution is 0.541. The van der Waals surface area contributed by atoms with E-state index in [1.165, 1.54) is 5.52 Å². The Morgan fingerprint density at radius 3 is 2.65 bits per heavy atom. The Morgan fingerprint density at radius 2 is 2.06 bits per heavy atom. The second kappa shape index (κ2) is 4.15. The first kappa shape index (κ1) is 12.1. The van der Waals surface area contributed by atoms with Crippen LogP contribution in [0, 0.1) is 0 Å². The fourth-order valence-corrected chi connectivity index (χ4v) is 2.09. The molecule has 0 radical (unpaired) electrons. The summed E-state index contributed by atoms with van der Waals surface area (Å²) in [5, 5.41) is 0. The van der Waals surface area contributed by atoms with Gasteiger partial charge in [-0.2, -0.15) is 0 Å². The highest BCUT2D eigenvalue weighted by Crippen LogP contribution is 2.24. The number of hydrogen-bond acceptors (Lipinski definition) is 2. The SMILES string of the molecule is CC(N)Cc1nc(C(C)(C)C)n2ccccc12. The molecule has 1 unspecified atom stereocenters. The zero-order valence-corrected chi connectivity index (χ0v) is 11.1. The monoisotopic (exact) mass is 231 g/mol. The van der Waals surface area contributed by atoms with Crippen LogP contribution in [0.4, 0.5) is 0 Å². The molecule has 17 heavy (non-hydrogen) atoms. The van der Waals surface area contributed by atoms with Crippen LogP contribution in [0.5, 0.6) is 0 Å². The van der Waals surface area contributed by atoms with Crippen molar-refractivity contribution in [2.24, 2.45) is 5.73 Å². The molecule has 2 rings (SSSR count). The van der Waals surface area contributed by atoms with Crippen LogP contribution in [0.2, 0.25) is 0 Å². The summed E-state index contributed by atoms with van der Waals surface area (Å²) in [5.74, 6) is 1.10. The van der Waals surface area contributed by atoms with E-state index in [0.717, 1.165) is 17.9 Å². The minimum atomic E-state index is 0.0420. The summed E-state index contributed by atoms with van der Waals surface area (Å²) in [6.07, 6.45) is 2.90. The Hall–Kier alpha value is -1.35. The van der Waals surface area contributed by atoms with E-state index < -0.39 is 0 Å². The predicted molar refractivity (Wildman–Crippen MR) is 71.2 cm³/mol. The van der Waals surface area contributed by atoms with Crippen LogP contribution < -0.4 is 5.73 Å². The number of pyridine rings is 1. The lowest BCUT2D eigenvalue weighted by Gasteiger charge is -2.16. The molecule has 0 fully saturated rings. The average molecular weight is 231 g/mol. The first-order chi connectivity index (χ1) is 7.89. The average Bonchev–Trinajstić information content (AvgIpc) is 2.56. The van der Waals surface area contributed by atoms with E-state index in [1.807, 2.05) is 19.1 Å². The highest BCUT2D eigenvalue weighted by Gasteiger charge is 2.22. The van der Waals surface area contributed by atoms with Gasteiger partial charge in [-0.3, -0.25) is 0 Å². The molecule has 0 bridgehead atoms. The number of hydrogen-bond donors (Lipinski definition) is 1. The standard InChI is InChI=1S/C14H21N3/c1-10(15)9-11-12-7-5-6-8-17(12)13(16-11)14(2,3)4/h5-8,10H,9,15H2,1-4H3. The number of imidazole rings is 1. The Kier molecular flexibility index (Phi) is 2.96. The molecule has 2 aromatic rings. The summed E-state index contributed by atoms with van der Waals surface area (Å²) in [7, 11) is 0. The molecule has 0 aromatic carbocycles. The Balaban J connectivity index is 2.63. The van der Waals surface area contributed by atoms with Gasteiger partial charge in [0, 0.05) is 24.1 Å². The second-order valence-corrected chi connectivity index (χ2v) is 5.77. The first-order valence-electron chi connectivity index (χ1n) is 6.11. The summed E-state index contributed by atoms with van der Waals surface area (Å²) in [4.78, 5) is 4.78. The summed E-state index contributed by atoms with van der Waals surface area (Å²) < 4.78 is 2.18. The number of rotatable bonds is 2. The number of nitrogens with zero attached hydrogens (tertiary/aromatic N) is 2. The minimum absolute atomic E-state index is 0.0420. The van der Waals surface area contributed by atoms with Crippen molar-refractivity contribution in [3.05, 3.63) is 35.9 Å².